The maximum atomic E-state index is 3.78. The zero-order valence-electron chi connectivity index (χ0n) is 11.4. The predicted octanol–water partition coefficient (Wildman–Crippen LogP) is 5.16. The van der Waals surface area contributed by atoms with E-state index in [1.807, 2.05) is 6.08 Å². The van der Waals surface area contributed by atoms with E-state index in [9.17, 15) is 0 Å². The van der Waals surface area contributed by atoms with Crippen molar-refractivity contribution in [1.82, 2.24) is 0 Å². The molecule has 0 nitrogen and oxygen atoms in total. The van der Waals surface area contributed by atoms with Gasteiger partial charge >= 0.3 is 0 Å². The van der Waals surface area contributed by atoms with Gasteiger partial charge in [-0.05, 0) is 59.9 Å². The van der Waals surface area contributed by atoms with Crippen LogP contribution in [-0.4, -0.2) is 0 Å². The van der Waals surface area contributed by atoms with Crippen molar-refractivity contribution in [2.45, 2.75) is 32.1 Å². The molecule has 0 aliphatic heterocycles. The van der Waals surface area contributed by atoms with Crippen molar-refractivity contribution in [3.05, 3.63) is 71.8 Å². The number of unbranched alkanes of at least 4 members (excludes halogenated alkanes) is 2. The van der Waals surface area contributed by atoms with E-state index >= 15 is 0 Å². The van der Waals surface area contributed by atoms with Crippen molar-refractivity contribution in [2.75, 3.05) is 0 Å². The molecule has 0 heteroatoms. The highest BCUT2D eigenvalue weighted by Crippen LogP contribution is 2.36. The lowest BCUT2D eigenvalue weighted by molar-refractivity contribution is 0.748. The Bertz CT molecular complexity index is 593. The molecule has 0 aromatic heterocycles. The number of hydrogen-bond acceptors (Lipinski definition) is 0. The molecular formula is C19H20. The SMILES string of the molecule is C=CCCCCc1ccc2c(c1)Cc1ccccc1-2. The lowest BCUT2D eigenvalue weighted by Crippen LogP contribution is -1.88. The van der Waals surface area contributed by atoms with Gasteiger partial charge in [0.25, 0.3) is 0 Å². The summed E-state index contributed by atoms with van der Waals surface area (Å²) in [4.78, 5) is 0. The highest BCUT2D eigenvalue weighted by atomic mass is 14.2. The number of allylic oxidation sites excluding steroid dienone is 1. The Hall–Kier alpha value is -1.82. The van der Waals surface area contributed by atoms with Gasteiger partial charge in [0.15, 0.2) is 0 Å². The van der Waals surface area contributed by atoms with Crippen LogP contribution in [0.5, 0.6) is 0 Å². The zero-order valence-corrected chi connectivity index (χ0v) is 11.4. The van der Waals surface area contributed by atoms with Gasteiger partial charge in [-0.3, -0.25) is 0 Å². The molecule has 2 aromatic carbocycles. The molecule has 1 aliphatic rings. The average molecular weight is 248 g/mol. The van der Waals surface area contributed by atoms with Gasteiger partial charge in [0.2, 0.25) is 0 Å². The summed E-state index contributed by atoms with van der Waals surface area (Å²) in [6.45, 7) is 3.78. The molecule has 3 rings (SSSR count). The van der Waals surface area contributed by atoms with Crippen LogP contribution < -0.4 is 0 Å². The summed E-state index contributed by atoms with van der Waals surface area (Å²) in [5.74, 6) is 0. The fourth-order valence-electron chi connectivity index (χ4n) is 2.97. The molecule has 19 heavy (non-hydrogen) atoms. The Morgan fingerprint density at radius 2 is 1.79 bits per heavy atom. The zero-order chi connectivity index (χ0) is 13.1. The Morgan fingerprint density at radius 1 is 0.947 bits per heavy atom. The summed E-state index contributed by atoms with van der Waals surface area (Å²) in [6.07, 6.45) is 7.96. The molecule has 0 radical (unpaired) electrons. The van der Waals surface area contributed by atoms with E-state index < -0.39 is 0 Å². The largest absolute Gasteiger partial charge is 0.103 e. The minimum atomic E-state index is 1.10. The number of fused-ring (bicyclic) bond motifs is 3. The number of aryl methyl sites for hydroxylation is 1. The smallest absolute Gasteiger partial charge is 0.00134 e. The molecule has 1 aliphatic carbocycles. The van der Waals surface area contributed by atoms with E-state index in [0.717, 1.165) is 12.8 Å². The minimum Gasteiger partial charge on any atom is -0.103 e. The van der Waals surface area contributed by atoms with Crippen LogP contribution in [0.1, 0.15) is 36.0 Å². The lowest BCUT2D eigenvalue weighted by atomic mass is 10.0. The van der Waals surface area contributed by atoms with Crippen LogP contribution in [0.15, 0.2) is 55.1 Å². The van der Waals surface area contributed by atoms with Gasteiger partial charge in [0.05, 0.1) is 0 Å². The first-order valence-electron chi connectivity index (χ1n) is 7.19. The fraction of sp³-hybridized carbons (Fsp3) is 0.263. The van der Waals surface area contributed by atoms with Crippen molar-refractivity contribution in [3.63, 3.8) is 0 Å². The Labute approximate surface area is 115 Å². The summed E-state index contributed by atoms with van der Waals surface area (Å²) in [5.41, 5.74) is 7.32. The molecule has 0 unspecified atom stereocenters. The second kappa shape index (κ2) is 5.44. The molecule has 0 saturated carbocycles. The van der Waals surface area contributed by atoms with E-state index in [1.54, 1.807) is 0 Å². The average Bonchev–Trinajstić information content (AvgIpc) is 2.81. The summed E-state index contributed by atoms with van der Waals surface area (Å²) in [6, 6.07) is 15.8. The molecule has 0 amide bonds. The van der Waals surface area contributed by atoms with Crippen molar-refractivity contribution in [3.8, 4) is 11.1 Å². The number of hydrogen-bond donors (Lipinski definition) is 0. The summed E-state index contributed by atoms with van der Waals surface area (Å²) < 4.78 is 0. The van der Waals surface area contributed by atoms with Crippen LogP contribution in [0.2, 0.25) is 0 Å². The highest BCUT2D eigenvalue weighted by molar-refractivity contribution is 5.76. The lowest BCUT2D eigenvalue weighted by Gasteiger charge is -2.05. The van der Waals surface area contributed by atoms with Crippen LogP contribution in [0.3, 0.4) is 0 Å². The van der Waals surface area contributed by atoms with Crippen molar-refractivity contribution < 1.29 is 0 Å². The monoisotopic (exact) mass is 248 g/mol. The van der Waals surface area contributed by atoms with Crippen LogP contribution in [-0.2, 0) is 12.8 Å². The van der Waals surface area contributed by atoms with Gasteiger partial charge in [-0.15, -0.1) is 6.58 Å². The number of benzene rings is 2. The number of rotatable bonds is 5. The normalized spacial score (nSPS) is 12.0. The van der Waals surface area contributed by atoms with Gasteiger partial charge in [0, 0.05) is 0 Å². The molecule has 0 saturated heterocycles. The van der Waals surface area contributed by atoms with E-state index in [-0.39, 0.29) is 0 Å². The van der Waals surface area contributed by atoms with Crippen LogP contribution in [0, 0.1) is 0 Å². The minimum absolute atomic E-state index is 1.10. The van der Waals surface area contributed by atoms with Crippen molar-refractivity contribution in [1.29, 1.82) is 0 Å². The third-order valence-electron chi connectivity index (χ3n) is 3.98. The van der Waals surface area contributed by atoms with Gasteiger partial charge in [-0.1, -0.05) is 48.5 Å². The molecule has 0 spiro atoms. The van der Waals surface area contributed by atoms with Crippen LogP contribution in [0.4, 0.5) is 0 Å². The fourth-order valence-corrected chi connectivity index (χ4v) is 2.97. The molecular weight excluding hydrogens is 228 g/mol. The predicted molar refractivity (Wildman–Crippen MR) is 82.4 cm³/mol. The van der Waals surface area contributed by atoms with Crippen molar-refractivity contribution in [2.24, 2.45) is 0 Å². The van der Waals surface area contributed by atoms with Gasteiger partial charge < -0.3 is 0 Å². The van der Waals surface area contributed by atoms with E-state index in [4.69, 9.17) is 0 Å². The van der Waals surface area contributed by atoms with E-state index in [2.05, 4.69) is 49.0 Å². The Balaban J connectivity index is 1.76. The molecule has 0 atom stereocenters. The maximum Gasteiger partial charge on any atom is -0.00134 e. The Morgan fingerprint density at radius 3 is 2.68 bits per heavy atom. The van der Waals surface area contributed by atoms with Crippen molar-refractivity contribution >= 4 is 0 Å². The van der Waals surface area contributed by atoms with Gasteiger partial charge in [-0.2, -0.15) is 0 Å². The summed E-state index contributed by atoms with van der Waals surface area (Å²) in [5, 5.41) is 0. The van der Waals surface area contributed by atoms with E-state index in [1.165, 1.54) is 47.1 Å². The second-order valence-corrected chi connectivity index (χ2v) is 5.36. The molecule has 0 N–H and O–H groups in total. The summed E-state index contributed by atoms with van der Waals surface area (Å²) >= 11 is 0. The van der Waals surface area contributed by atoms with E-state index in [0.29, 0.717) is 0 Å². The van der Waals surface area contributed by atoms with Gasteiger partial charge in [-0.25, -0.2) is 0 Å². The first-order valence-corrected chi connectivity index (χ1v) is 7.19. The second-order valence-electron chi connectivity index (χ2n) is 5.36. The first kappa shape index (κ1) is 12.2. The van der Waals surface area contributed by atoms with Gasteiger partial charge in [0.1, 0.15) is 0 Å². The first-order chi connectivity index (χ1) is 9.38. The molecule has 96 valence electrons. The van der Waals surface area contributed by atoms with Crippen LogP contribution in [0.25, 0.3) is 11.1 Å². The standard InChI is InChI=1S/C19H20/c1-2-3-4-5-8-15-11-12-19-17(13-15)14-16-9-6-7-10-18(16)19/h2,6-7,9-13H,1,3-5,8,14H2. The molecule has 0 bridgehead atoms. The third-order valence-corrected chi connectivity index (χ3v) is 3.98. The summed E-state index contributed by atoms with van der Waals surface area (Å²) in [7, 11) is 0. The third kappa shape index (κ3) is 2.49. The molecule has 0 heterocycles. The quantitative estimate of drug-likeness (QED) is 0.432. The van der Waals surface area contributed by atoms with Crippen LogP contribution >= 0.6 is 0 Å². The Kier molecular flexibility index (Phi) is 3.50. The highest BCUT2D eigenvalue weighted by Gasteiger charge is 2.17. The topological polar surface area (TPSA) is 0 Å². The maximum absolute atomic E-state index is 3.78. The molecule has 0 fully saturated rings. The molecule has 2 aromatic rings.